The van der Waals surface area contributed by atoms with Gasteiger partial charge >= 0.3 is 0 Å². The first kappa shape index (κ1) is 19.2. The van der Waals surface area contributed by atoms with Crippen LogP contribution in [0.25, 0.3) is 0 Å². The van der Waals surface area contributed by atoms with Crippen molar-refractivity contribution < 1.29 is 19.1 Å². The van der Waals surface area contributed by atoms with Gasteiger partial charge in [0.25, 0.3) is 5.91 Å². The fourth-order valence-electron chi connectivity index (χ4n) is 3.53. The summed E-state index contributed by atoms with van der Waals surface area (Å²) >= 11 is 0. The van der Waals surface area contributed by atoms with E-state index < -0.39 is 0 Å². The lowest BCUT2D eigenvalue weighted by molar-refractivity contribution is -0.118. The minimum atomic E-state index is -0.360. The monoisotopic (exact) mass is 373 g/mol. The summed E-state index contributed by atoms with van der Waals surface area (Å²) < 4.78 is 10.5. The largest absolute Gasteiger partial charge is 0.454 e. The minimum absolute atomic E-state index is 0.0693. The average molecular weight is 373 g/mol. The van der Waals surface area contributed by atoms with E-state index in [0.29, 0.717) is 36.6 Å². The van der Waals surface area contributed by atoms with Crippen molar-refractivity contribution in [1.29, 1.82) is 0 Å². The highest BCUT2D eigenvalue weighted by molar-refractivity contribution is 5.96. The number of ether oxygens (including phenoxy) is 2. The van der Waals surface area contributed by atoms with Gasteiger partial charge in [-0.15, -0.1) is 0 Å². The molecule has 27 heavy (non-hydrogen) atoms. The van der Waals surface area contributed by atoms with E-state index in [9.17, 15) is 9.59 Å². The summed E-state index contributed by atoms with van der Waals surface area (Å²) in [6.07, 6.45) is 2.62. The molecule has 0 radical (unpaired) electrons. The fraction of sp³-hybridized carbons (Fsp3) is 0.500. The Hall–Kier alpha value is -2.54. The molecule has 0 bridgehead atoms. The second-order valence-electron chi connectivity index (χ2n) is 7.96. The summed E-state index contributed by atoms with van der Waals surface area (Å²) in [6, 6.07) is 5.10. The summed E-state index contributed by atoms with van der Waals surface area (Å²) in [4.78, 5) is 24.6. The maximum Gasteiger partial charge on any atom is 0.251 e. The third-order valence-corrected chi connectivity index (χ3v) is 4.62. The molecule has 2 aliphatic heterocycles. The van der Waals surface area contributed by atoms with Gasteiger partial charge in [0.15, 0.2) is 11.5 Å². The topological polar surface area (TPSA) is 88.7 Å². The van der Waals surface area contributed by atoms with Gasteiger partial charge in [0.05, 0.1) is 0 Å². The van der Waals surface area contributed by atoms with Crippen molar-refractivity contribution >= 4 is 11.8 Å². The van der Waals surface area contributed by atoms with Crippen LogP contribution < -0.4 is 25.4 Å². The number of hydrogen-bond donors (Lipinski definition) is 3. The summed E-state index contributed by atoms with van der Waals surface area (Å²) in [5, 5.41) is 9.20. The molecule has 2 aliphatic rings. The third kappa shape index (κ3) is 4.42. The van der Waals surface area contributed by atoms with Gasteiger partial charge in [-0.25, -0.2) is 0 Å². The summed E-state index contributed by atoms with van der Waals surface area (Å²) in [5.41, 5.74) is 0.710. The molecule has 7 nitrogen and oxygen atoms in total. The number of rotatable bonds is 6. The van der Waals surface area contributed by atoms with E-state index in [-0.39, 0.29) is 29.7 Å². The maximum absolute atomic E-state index is 12.4. The van der Waals surface area contributed by atoms with Gasteiger partial charge in [0.1, 0.15) is 0 Å². The molecular formula is C20H27N3O4. The van der Waals surface area contributed by atoms with Crippen LogP contribution in [0.2, 0.25) is 0 Å². The zero-order valence-electron chi connectivity index (χ0n) is 16.3. The molecule has 2 heterocycles. The molecule has 3 N–H and O–H groups in total. The van der Waals surface area contributed by atoms with E-state index in [4.69, 9.17) is 9.47 Å². The Morgan fingerprint density at radius 3 is 2.37 bits per heavy atom. The maximum atomic E-state index is 12.4. The van der Waals surface area contributed by atoms with Crippen LogP contribution >= 0.6 is 0 Å². The average Bonchev–Trinajstić information content (AvgIpc) is 3.13. The van der Waals surface area contributed by atoms with E-state index in [1.54, 1.807) is 18.2 Å². The predicted octanol–water partition coefficient (Wildman–Crippen LogP) is 1.74. The number of carbonyl (C=O) groups excluding carboxylic acids is 2. The Balaban J connectivity index is 1.42. The molecule has 3 rings (SSSR count). The highest BCUT2D eigenvalue weighted by atomic mass is 16.7. The standard InChI is InChI=1S/C20H27N3O4/c1-19(2)11-14(20(3,4)23-19)18(25)22-9-5-8-21-17(24)13-6-7-15-16(10-13)27-12-26-15/h6-7,10-11,23H,5,8-9,12H2,1-4H3,(H,21,24)(H,22,25). The SMILES string of the molecule is CC1(C)C=C(C(=O)NCCCNC(=O)c2ccc3c(c2)OCO3)C(C)(C)N1. The molecule has 0 unspecified atom stereocenters. The molecule has 7 heteroatoms. The molecular weight excluding hydrogens is 346 g/mol. The van der Waals surface area contributed by atoms with Gasteiger partial charge in [-0.1, -0.05) is 6.08 Å². The lowest BCUT2D eigenvalue weighted by Crippen LogP contribution is -2.47. The lowest BCUT2D eigenvalue weighted by Gasteiger charge is -2.27. The van der Waals surface area contributed by atoms with Crippen molar-refractivity contribution in [1.82, 2.24) is 16.0 Å². The molecule has 0 fully saturated rings. The smallest absolute Gasteiger partial charge is 0.251 e. The van der Waals surface area contributed by atoms with Crippen molar-refractivity contribution in [3.63, 3.8) is 0 Å². The number of nitrogens with one attached hydrogen (secondary N) is 3. The molecule has 146 valence electrons. The number of fused-ring (bicyclic) bond motifs is 1. The Kier molecular flexibility index (Phi) is 5.15. The first-order valence-corrected chi connectivity index (χ1v) is 9.17. The van der Waals surface area contributed by atoms with E-state index in [2.05, 4.69) is 16.0 Å². The Morgan fingerprint density at radius 2 is 1.70 bits per heavy atom. The summed E-state index contributed by atoms with van der Waals surface area (Å²) in [6.45, 7) is 9.23. The number of benzene rings is 1. The normalized spacial score (nSPS) is 18.7. The van der Waals surface area contributed by atoms with Crippen LogP contribution in [0.1, 0.15) is 44.5 Å². The quantitative estimate of drug-likeness (QED) is 0.661. The second-order valence-corrected chi connectivity index (χ2v) is 7.96. The fourth-order valence-corrected chi connectivity index (χ4v) is 3.53. The molecule has 0 spiro atoms. The van der Waals surface area contributed by atoms with Crippen molar-refractivity contribution in [3.05, 3.63) is 35.4 Å². The molecule has 0 saturated heterocycles. The molecule has 0 aromatic heterocycles. The number of amides is 2. The highest BCUT2D eigenvalue weighted by Gasteiger charge is 2.39. The predicted molar refractivity (Wildman–Crippen MR) is 102 cm³/mol. The first-order chi connectivity index (χ1) is 12.7. The van der Waals surface area contributed by atoms with Crippen molar-refractivity contribution in [2.75, 3.05) is 19.9 Å². The highest BCUT2D eigenvalue weighted by Crippen LogP contribution is 2.32. The Labute approximate surface area is 159 Å². The van der Waals surface area contributed by atoms with Crippen molar-refractivity contribution in [2.24, 2.45) is 0 Å². The molecule has 0 saturated carbocycles. The second kappa shape index (κ2) is 7.23. The molecule has 1 aromatic rings. The van der Waals surface area contributed by atoms with Gasteiger partial charge in [-0.3, -0.25) is 14.9 Å². The third-order valence-electron chi connectivity index (χ3n) is 4.62. The van der Waals surface area contributed by atoms with Crippen molar-refractivity contribution in [3.8, 4) is 11.5 Å². The van der Waals surface area contributed by atoms with Gasteiger partial charge in [0.2, 0.25) is 12.7 Å². The van der Waals surface area contributed by atoms with Crippen LogP contribution in [0.4, 0.5) is 0 Å². The van der Waals surface area contributed by atoms with Crippen LogP contribution in [0.3, 0.4) is 0 Å². The summed E-state index contributed by atoms with van der Waals surface area (Å²) in [5.74, 6) is 0.986. The van der Waals surface area contributed by atoms with Crippen LogP contribution in [-0.4, -0.2) is 42.8 Å². The van der Waals surface area contributed by atoms with Gasteiger partial charge in [0, 0.05) is 35.3 Å². The summed E-state index contributed by atoms with van der Waals surface area (Å²) in [7, 11) is 0. The minimum Gasteiger partial charge on any atom is -0.454 e. The van der Waals surface area contributed by atoms with Crippen LogP contribution in [0, 0.1) is 0 Å². The molecule has 0 atom stereocenters. The molecule has 2 amide bonds. The van der Waals surface area contributed by atoms with Gasteiger partial charge in [-0.05, 0) is 52.3 Å². The number of hydrogen-bond acceptors (Lipinski definition) is 5. The van der Waals surface area contributed by atoms with Crippen molar-refractivity contribution in [2.45, 2.75) is 45.2 Å². The van der Waals surface area contributed by atoms with E-state index in [0.717, 1.165) is 5.57 Å². The molecule has 1 aromatic carbocycles. The zero-order chi connectivity index (χ0) is 19.7. The molecule has 0 aliphatic carbocycles. The van der Waals surface area contributed by atoms with Gasteiger partial charge in [-0.2, -0.15) is 0 Å². The van der Waals surface area contributed by atoms with Crippen LogP contribution in [0.15, 0.2) is 29.8 Å². The Morgan fingerprint density at radius 1 is 1.04 bits per heavy atom. The van der Waals surface area contributed by atoms with E-state index in [1.807, 2.05) is 33.8 Å². The van der Waals surface area contributed by atoms with E-state index in [1.165, 1.54) is 0 Å². The van der Waals surface area contributed by atoms with E-state index >= 15 is 0 Å². The number of carbonyl (C=O) groups is 2. The Bertz CT molecular complexity index is 783. The van der Waals surface area contributed by atoms with Gasteiger partial charge < -0.3 is 20.1 Å². The first-order valence-electron chi connectivity index (χ1n) is 9.17. The van der Waals surface area contributed by atoms with Crippen LogP contribution in [-0.2, 0) is 4.79 Å². The lowest BCUT2D eigenvalue weighted by atomic mass is 9.96. The zero-order valence-corrected chi connectivity index (χ0v) is 16.3. The van der Waals surface area contributed by atoms with Crippen LogP contribution in [0.5, 0.6) is 11.5 Å².